The normalized spacial score (nSPS) is 16.2. The average Bonchev–Trinajstić information content (AvgIpc) is 3.12. The lowest BCUT2D eigenvalue weighted by Crippen LogP contribution is -2.38. The maximum Gasteiger partial charge on any atom is 0.236 e. The monoisotopic (exact) mass is 525 g/mol. The summed E-state index contributed by atoms with van der Waals surface area (Å²) >= 11 is 1.48. The van der Waals surface area contributed by atoms with Crippen molar-refractivity contribution < 1.29 is 4.74 Å². The Bertz CT molecular complexity index is 1310. The van der Waals surface area contributed by atoms with E-state index in [0.717, 1.165) is 44.0 Å². The summed E-state index contributed by atoms with van der Waals surface area (Å²) in [5.74, 6) is 1.15. The molecule has 1 aliphatic heterocycles. The zero-order chi connectivity index (χ0) is 26.3. The van der Waals surface area contributed by atoms with E-state index in [9.17, 15) is 0 Å². The molecule has 1 fully saturated rings. The van der Waals surface area contributed by atoms with Gasteiger partial charge < -0.3 is 9.64 Å². The fourth-order valence-electron chi connectivity index (χ4n) is 5.11. The molecule has 1 aliphatic rings. The van der Waals surface area contributed by atoms with Gasteiger partial charge in [0.2, 0.25) is 11.8 Å². The molecule has 0 bridgehead atoms. The molecule has 5 rings (SSSR count). The van der Waals surface area contributed by atoms with Crippen LogP contribution in [0.4, 0.5) is 11.6 Å². The van der Waals surface area contributed by atoms with Gasteiger partial charge in [0, 0.05) is 49.8 Å². The summed E-state index contributed by atoms with van der Waals surface area (Å²) in [5, 5.41) is 0. The first-order chi connectivity index (χ1) is 18.6. The second-order valence-corrected chi connectivity index (χ2v) is 10.3. The van der Waals surface area contributed by atoms with Gasteiger partial charge in [-0.1, -0.05) is 78.7 Å². The third-order valence-corrected chi connectivity index (χ3v) is 7.25. The van der Waals surface area contributed by atoms with Gasteiger partial charge in [-0.2, -0.15) is 4.98 Å². The van der Waals surface area contributed by atoms with Crippen LogP contribution in [0.25, 0.3) is 11.3 Å². The summed E-state index contributed by atoms with van der Waals surface area (Å²) in [6.07, 6.45) is 1.91. The van der Waals surface area contributed by atoms with Crippen LogP contribution >= 0.6 is 11.9 Å². The van der Waals surface area contributed by atoms with Crippen LogP contribution in [0.5, 0.6) is 5.88 Å². The third kappa shape index (κ3) is 6.47. The summed E-state index contributed by atoms with van der Waals surface area (Å²) in [6.45, 7) is 8.62. The summed E-state index contributed by atoms with van der Waals surface area (Å²) < 4.78 is 9.92. The van der Waals surface area contributed by atoms with Gasteiger partial charge in [-0.15, -0.1) is 0 Å². The number of nitrogens with zero attached hydrogens (tertiary/aromatic N) is 4. The van der Waals surface area contributed by atoms with Crippen LogP contribution in [-0.4, -0.2) is 53.4 Å². The molecule has 1 N–H and O–H groups in total. The maximum atomic E-state index is 6.70. The Balaban J connectivity index is 1.45. The number of hydrogen-bond acceptors (Lipinski definition) is 7. The fraction of sp³-hybridized carbons (Fsp3) is 0.290. The minimum absolute atomic E-state index is 0.0655. The summed E-state index contributed by atoms with van der Waals surface area (Å²) in [4.78, 5) is 14.5. The standard InChI is InChI=1S/C31H35N5OS/c1-23-11-10-12-24(2)30(23)28-19-29(33-31(32-28)34-38-3)37-27-21-35(20-25-13-6-4-7-14-25)17-18-36(22-27)26-15-8-5-9-16-26/h4-16,19,27H,17-18,20-22H2,1-3H3,(H,32,33,34). The molecule has 0 spiro atoms. The molecule has 0 aliphatic carbocycles. The minimum Gasteiger partial charge on any atom is -0.471 e. The molecular weight excluding hydrogens is 490 g/mol. The third-order valence-electron chi connectivity index (χ3n) is 6.86. The Morgan fingerprint density at radius 1 is 0.868 bits per heavy atom. The highest BCUT2D eigenvalue weighted by molar-refractivity contribution is 7.99. The zero-order valence-electron chi connectivity index (χ0n) is 22.3. The number of aromatic nitrogens is 2. The second-order valence-electron chi connectivity index (χ2n) is 9.73. The van der Waals surface area contributed by atoms with Crippen LogP contribution < -0.4 is 14.4 Å². The molecule has 196 valence electrons. The zero-order valence-corrected chi connectivity index (χ0v) is 23.1. The van der Waals surface area contributed by atoms with Gasteiger partial charge in [0.1, 0.15) is 6.10 Å². The summed E-state index contributed by atoms with van der Waals surface area (Å²) in [7, 11) is 0. The van der Waals surface area contributed by atoms with Crippen molar-refractivity contribution in [3.63, 3.8) is 0 Å². The molecule has 1 saturated heterocycles. The number of aryl methyl sites for hydroxylation is 2. The highest BCUT2D eigenvalue weighted by Crippen LogP contribution is 2.30. The van der Waals surface area contributed by atoms with Crippen molar-refractivity contribution in [2.45, 2.75) is 26.5 Å². The van der Waals surface area contributed by atoms with E-state index in [-0.39, 0.29) is 6.10 Å². The molecule has 38 heavy (non-hydrogen) atoms. The Morgan fingerprint density at radius 3 is 2.29 bits per heavy atom. The number of benzene rings is 3. The van der Waals surface area contributed by atoms with Crippen LogP contribution in [0.2, 0.25) is 0 Å². The molecule has 3 aromatic carbocycles. The van der Waals surface area contributed by atoms with Crippen molar-refractivity contribution >= 4 is 23.6 Å². The SMILES string of the molecule is CSNc1nc(OC2CN(Cc3ccccc3)CCN(c3ccccc3)C2)cc(-c2c(C)cccc2C)n1. The van der Waals surface area contributed by atoms with Crippen molar-refractivity contribution in [1.82, 2.24) is 14.9 Å². The number of anilines is 2. The largest absolute Gasteiger partial charge is 0.471 e. The van der Waals surface area contributed by atoms with E-state index in [0.29, 0.717) is 11.8 Å². The van der Waals surface area contributed by atoms with Crippen molar-refractivity contribution in [2.75, 3.05) is 42.1 Å². The average molecular weight is 526 g/mol. The first-order valence-corrected chi connectivity index (χ1v) is 14.3. The van der Waals surface area contributed by atoms with Gasteiger partial charge in [-0.25, -0.2) is 4.98 Å². The van der Waals surface area contributed by atoms with Crippen molar-refractivity contribution in [3.05, 3.63) is 102 Å². The molecule has 6 nitrogen and oxygen atoms in total. The number of rotatable bonds is 8. The lowest BCUT2D eigenvalue weighted by molar-refractivity contribution is 0.144. The number of ether oxygens (including phenoxy) is 1. The molecular formula is C31H35N5OS. The van der Waals surface area contributed by atoms with E-state index in [1.807, 2.05) is 12.3 Å². The molecule has 7 heteroatoms. The lowest BCUT2D eigenvalue weighted by atomic mass is 10.00. The predicted molar refractivity (Wildman–Crippen MR) is 159 cm³/mol. The van der Waals surface area contributed by atoms with Gasteiger partial charge in [-0.3, -0.25) is 9.62 Å². The quantitative estimate of drug-likeness (QED) is 0.274. The highest BCUT2D eigenvalue weighted by Gasteiger charge is 2.26. The smallest absolute Gasteiger partial charge is 0.236 e. The number of nitrogens with one attached hydrogen (secondary N) is 1. The fourth-order valence-corrected chi connectivity index (χ4v) is 5.38. The first kappa shape index (κ1) is 26.1. The van der Waals surface area contributed by atoms with Crippen LogP contribution in [0, 0.1) is 13.8 Å². The molecule has 1 atom stereocenters. The van der Waals surface area contributed by atoms with Crippen LogP contribution in [0.3, 0.4) is 0 Å². The maximum absolute atomic E-state index is 6.70. The van der Waals surface area contributed by atoms with Gasteiger partial charge in [-0.05, 0) is 42.7 Å². The second kappa shape index (κ2) is 12.3. The molecule has 0 saturated carbocycles. The van der Waals surface area contributed by atoms with Gasteiger partial charge in [0.05, 0.1) is 12.2 Å². The molecule has 4 aromatic rings. The Morgan fingerprint density at radius 2 is 1.58 bits per heavy atom. The molecule has 1 aromatic heterocycles. The van der Waals surface area contributed by atoms with Crippen molar-refractivity contribution in [1.29, 1.82) is 0 Å². The van der Waals surface area contributed by atoms with Crippen LogP contribution in [0.15, 0.2) is 84.9 Å². The van der Waals surface area contributed by atoms with E-state index >= 15 is 0 Å². The molecule has 2 heterocycles. The van der Waals surface area contributed by atoms with Gasteiger partial charge in [0.25, 0.3) is 0 Å². The molecule has 0 radical (unpaired) electrons. The van der Waals surface area contributed by atoms with E-state index in [2.05, 4.69) is 107 Å². The van der Waals surface area contributed by atoms with Crippen LogP contribution in [0.1, 0.15) is 16.7 Å². The van der Waals surface area contributed by atoms with Crippen molar-refractivity contribution in [3.8, 4) is 17.1 Å². The summed E-state index contributed by atoms with van der Waals surface area (Å²) in [5.41, 5.74) is 6.89. The van der Waals surface area contributed by atoms with E-state index < -0.39 is 0 Å². The Kier molecular flexibility index (Phi) is 8.46. The predicted octanol–water partition coefficient (Wildman–Crippen LogP) is 6.22. The van der Waals surface area contributed by atoms with Gasteiger partial charge >= 0.3 is 0 Å². The first-order valence-electron chi connectivity index (χ1n) is 13.1. The number of para-hydroxylation sites is 1. The van der Waals surface area contributed by atoms with E-state index in [1.54, 1.807) is 0 Å². The van der Waals surface area contributed by atoms with E-state index in [4.69, 9.17) is 14.7 Å². The highest BCUT2D eigenvalue weighted by atomic mass is 32.2. The Hall–Kier alpha value is -3.55. The summed E-state index contributed by atoms with van der Waals surface area (Å²) in [6, 6.07) is 29.6. The topological polar surface area (TPSA) is 53.5 Å². The van der Waals surface area contributed by atoms with Gasteiger partial charge in [0.15, 0.2) is 0 Å². The van der Waals surface area contributed by atoms with E-state index in [1.165, 1.54) is 34.3 Å². The molecule has 0 amide bonds. The Labute approximate surface area is 230 Å². The van der Waals surface area contributed by atoms with Crippen molar-refractivity contribution in [2.24, 2.45) is 0 Å². The number of hydrogen-bond donors (Lipinski definition) is 1. The molecule has 1 unspecified atom stereocenters. The lowest BCUT2D eigenvalue weighted by Gasteiger charge is -2.26. The van der Waals surface area contributed by atoms with Crippen LogP contribution in [-0.2, 0) is 6.54 Å². The minimum atomic E-state index is -0.0655.